The van der Waals surface area contributed by atoms with Gasteiger partial charge in [0.1, 0.15) is 0 Å². The summed E-state index contributed by atoms with van der Waals surface area (Å²) in [7, 11) is 2.19. The molecule has 1 aliphatic rings. The highest BCUT2D eigenvalue weighted by Gasteiger charge is 2.13. The molecule has 1 aromatic rings. The fourth-order valence-electron chi connectivity index (χ4n) is 2.45. The Morgan fingerprint density at radius 2 is 2.00 bits per heavy atom. The van der Waals surface area contributed by atoms with E-state index < -0.39 is 0 Å². The summed E-state index contributed by atoms with van der Waals surface area (Å²) >= 11 is 7.10. The van der Waals surface area contributed by atoms with Crippen molar-refractivity contribution < 1.29 is 0 Å². The fraction of sp³-hybridized carbons (Fsp3) is 0.571. The minimum Gasteiger partial charge on any atom is -0.373 e. The van der Waals surface area contributed by atoms with Crippen LogP contribution in [-0.4, -0.2) is 38.1 Å². The molecule has 18 heavy (non-hydrogen) atoms. The highest BCUT2D eigenvalue weighted by Crippen LogP contribution is 2.25. The van der Waals surface area contributed by atoms with Gasteiger partial charge in [-0.2, -0.15) is 0 Å². The largest absolute Gasteiger partial charge is 0.373 e. The van der Waals surface area contributed by atoms with Crippen molar-refractivity contribution in [2.24, 2.45) is 0 Å². The molecule has 0 aliphatic carbocycles. The van der Waals surface area contributed by atoms with Gasteiger partial charge >= 0.3 is 0 Å². The van der Waals surface area contributed by atoms with Gasteiger partial charge < -0.3 is 9.80 Å². The topological polar surface area (TPSA) is 6.48 Å². The summed E-state index contributed by atoms with van der Waals surface area (Å²) < 4.78 is 1.15. The summed E-state index contributed by atoms with van der Waals surface area (Å²) in [6.45, 7) is 4.83. The first-order valence-corrected chi connectivity index (χ1v) is 8.40. The molecule has 100 valence electrons. The summed E-state index contributed by atoms with van der Waals surface area (Å²) in [6, 6.07) is 6.51. The van der Waals surface area contributed by atoms with E-state index in [1.165, 1.54) is 43.7 Å². The monoisotopic (exact) mass is 374 g/mol. The lowest BCUT2D eigenvalue weighted by Gasteiger charge is -2.25. The molecule has 0 unspecified atom stereocenters. The highest BCUT2D eigenvalue weighted by molar-refractivity contribution is 9.10. The summed E-state index contributed by atoms with van der Waals surface area (Å²) in [5, 5.41) is 0.899. The minimum atomic E-state index is 0.899. The van der Waals surface area contributed by atoms with Crippen molar-refractivity contribution in [3.05, 3.63) is 28.2 Å². The third-order valence-electron chi connectivity index (χ3n) is 3.55. The number of anilines is 1. The first-order valence-electron chi connectivity index (χ1n) is 6.48. The predicted molar refractivity (Wildman–Crippen MR) is 85.7 cm³/mol. The Hall–Kier alpha value is -0.0600. The number of hydrogen-bond acceptors (Lipinski definition) is 2. The smallest absolute Gasteiger partial charge is 0.0405 e. The van der Waals surface area contributed by atoms with Crippen molar-refractivity contribution in [3.63, 3.8) is 0 Å². The van der Waals surface area contributed by atoms with Crippen molar-refractivity contribution in [2.45, 2.75) is 18.2 Å². The second-order valence-electron chi connectivity index (χ2n) is 4.88. The molecule has 0 bridgehead atoms. The van der Waals surface area contributed by atoms with E-state index in [2.05, 4.69) is 66.9 Å². The first-order chi connectivity index (χ1) is 8.70. The van der Waals surface area contributed by atoms with Crippen LogP contribution in [0.1, 0.15) is 18.4 Å². The zero-order chi connectivity index (χ0) is 13.0. The lowest BCUT2D eigenvalue weighted by atomic mass is 10.2. The van der Waals surface area contributed by atoms with E-state index >= 15 is 0 Å². The molecule has 1 aliphatic heterocycles. The number of halogens is 2. The van der Waals surface area contributed by atoms with Crippen LogP contribution in [0.3, 0.4) is 0 Å². The summed E-state index contributed by atoms with van der Waals surface area (Å²) in [4.78, 5) is 4.92. The summed E-state index contributed by atoms with van der Waals surface area (Å²) in [5.41, 5.74) is 2.67. The Morgan fingerprint density at radius 3 is 2.67 bits per heavy atom. The molecule has 1 aromatic carbocycles. The van der Waals surface area contributed by atoms with Crippen molar-refractivity contribution in [3.8, 4) is 0 Å². The average molecular weight is 376 g/mol. The van der Waals surface area contributed by atoms with Crippen LogP contribution in [0, 0.1) is 0 Å². The van der Waals surface area contributed by atoms with Gasteiger partial charge in [0.05, 0.1) is 0 Å². The Bertz CT molecular complexity index is 389. The zero-order valence-corrected chi connectivity index (χ0v) is 14.0. The maximum absolute atomic E-state index is 3.57. The van der Waals surface area contributed by atoms with Crippen LogP contribution < -0.4 is 4.90 Å². The highest BCUT2D eigenvalue weighted by atomic mass is 79.9. The standard InChI is InChI=1S/C14H20Br2N2/c1-17(8-9-18-6-2-3-7-18)14-5-4-13(16)10-12(14)11-15/h4-5,10H,2-3,6-9,11H2,1H3. The molecular weight excluding hydrogens is 356 g/mol. The third kappa shape index (κ3) is 3.72. The molecule has 4 heteroatoms. The molecule has 0 atom stereocenters. The van der Waals surface area contributed by atoms with Gasteiger partial charge in [0, 0.05) is 35.6 Å². The van der Waals surface area contributed by atoms with Gasteiger partial charge in [-0.1, -0.05) is 31.9 Å². The van der Waals surface area contributed by atoms with Crippen molar-refractivity contribution >= 4 is 37.5 Å². The molecule has 1 fully saturated rings. The third-order valence-corrected chi connectivity index (χ3v) is 4.64. The molecule has 1 heterocycles. The second-order valence-corrected chi connectivity index (χ2v) is 6.35. The van der Waals surface area contributed by atoms with Gasteiger partial charge in [0.25, 0.3) is 0 Å². The Morgan fingerprint density at radius 1 is 1.28 bits per heavy atom. The van der Waals surface area contributed by atoms with E-state index in [0.717, 1.165) is 16.3 Å². The molecule has 2 rings (SSSR count). The maximum atomic E-state index is 3.57. The Labute approximate surface area is 127 Å². The Kier molecular flexibility index (Phi) is 5.52. The molecule has 0 radical (unpaired) electrons. The SMILES string of the molecule is CN(CCN1CCCC1)c1ccc(Br)cc1CBr. The van der Waals surface area contributed by atoms with Crippen molar-refractivity contribution in [1.29, 1.82) is 0 Å². The normalized spacial score (nSPS) is 16.2. The van der Waals surface area contributed by atoms with Crippen LogP contribution >= 0.6 is 31.9 Å². The van der Waals surface area contributed by atoms with E-state index in [1.807, 2.05) is 0 Å². The van der Waals surface area contributed by atoms with Crippen molar-refractivity contribution in [2.75, 3.05) is 38.1 Å². The number of hydrogen-bond donors (Lipinski definition) is 0. The van der Waals surface area contributed by atoms with E-state index in [0.29, 0.717) is 0 Å². The number of likely N-dealkylation sites (tertiary alicyclic amines) is 1. The van der Waals surface area contributed by atoms with Crippen LogP contribution in [0.2, 0.25) is 0 Å². The van der Waals surface area contributed by atoms with Gasteiger partial charge in [-0.05, 0) is 49.7 Å². The minimum absolute atomic E-state index is 0.899. The number of nitrogens with zero attached hydrogens (tertiary/aromatic N) is 2. The van der Waals surface area contributed by atoms with E-state index in [-0.39, 0.29) is 0 Å². The number of alkyl halides is 1. The van der Waals surface area contributed by atoms with Crippen LogP contribution in [0.4, 0.5) is 5.69 Å². The predicted octanol–water partition coefficient (Wildman–Crippen LogP) is 3.88. The van der Waals surface area contributed by atoms with Crippen LogP contribution in [0.5, 0.6) is 0 Å². The molecule has 2 nitrogen and oxygen atoms in total. The molecule has 0 saturated carbocycles. The van der Waals surface area contributed by atoms with Crippen LogP contribution in [0.25, 0.3) is 0 Å². The van der Waals surface area contributed by atoms with Crippen molar-refractivity contribution in [1.82, 2.24) is 4.90 Å². The van der Waals surface area contributed by atoms with E-state index in [1.54, 1.807) is 0 Å². The molecule has 0 N–H and O–H groups in total. The first kappa shape index (κ1) is 14.4. The lowest BCUT2D eigenvalue weighted by Crippen LogP contribution is -2.31. The van der Waals surface area contributed by atoms with Crippen LogP contribution in [-0.2, 0) is 5.33 Å². The van der Waals surface area contributed by atoms with Gasteiger partial charge in [-0.25, -0.2) is 0 Å². The number of benzene rings is 1. The van der Waals surface area contributed by atoms with Gasteiger partial charge in [-0.15, -0.1) is 0 Å². The fourth-order valence-corrected chi connectivity index (χ4v) is 3.31. The molecule has 0 aromatic heterocycles. The maximum Gasteiger partial charge on any atom is 0.0405 e. The van der Waals surface area contributed by atoms with Gasteiger partial charge in [0.15, 0.2) is 0 Å². The van der Waals surface area contributed by atoms with Crippen LogP contribution in [0.15, 0.2) is 22.7 Å². The molecular formula is C14H20Br2N2. The molecule has 0 spiro atoms. The van der Waals surface area contributed by atoms with E-state index in [9.17, 15) is 0 Å². The lowest BCUT2D eigenvalue weighted by molar-refractivity contribution is 0.346. The second kappa shape index (κ2) is 6.92. The quantitative estimate of drug-likeness (QED) is 0.720. The number of rotatable bonds is 5. The zero-order valence-electron chi connectivity index (χ0n) is 10.8. The average Bonchev–Trinajstić information content (AvgIpc) is 2.88. The summed E-state index contributed by atoms with van der Waals surface area (Å²) in [6.07, 6.45) is 2.74. The summed E-state index contributed by atoms with van der Waals surface area (Å²) in [5.74, 6) is 0. The van der Waals surface area contributed by atoms with Gasteiger partial charge in [-0.3, -0.25) is 0 Å². The van der Waals surface area contributed by atoms with Gasteiger partial charge in [0.2, 0.25) is 0 Å². The Balaban J connectivity index is 1.96. The molecule has 1 saturated heterocycles. The van der Waals surface area contributed by atoms with E-state index in [4.69, 9.17) is 0 Å². The number of likely N-dealkylation sites (N-methyl/N-ethyl adjacent to an activating group) is 1. The molecule has 0 amide bonds.